The van der Waals surface area contributed by atoms with E-state index in [-0.39, 0.29) is 29.7 Å². The van der Waals surface area contributed by atoms with Crippen LogP contribution < -0.4 is 15.4 Å². The van der Waals surface area contributed by atoms with Crippen molar-refractivity contribution in [3.63, 3.8) is 0 Å². The Hall–Kier alpha value is -1.43. The van der Waals surface area contributed by atoms with Crippen molar-refractivity contribution in [1.29, 1.82) is 0 Å². The molecule has 1 aromatic heterocycles. The van der Waals surface area contributed by atoms with Gasteiger partial charge in [0, 0.05) is 49.1 Å². The lowest BCUT2D eigenvalue weighted by atomic mass is 10.2. The van der Waals surface area contributed by atoms with Crippen LogP contribution in [0, 0.1) is 0 Å². The minimum Gasteiger partial charge on any atom is -0.434 e. The Morgan fingerprint density at radius 2 is 2.19 bits per heavy atom. The molecular formula is C16H21BrF2IN5O. The first-order valence-corrected chi connectivity index (χ1v) is 8.53. The van der Waals surface area contributed by atoms with E-state index >= 15 is 0 Å². The second-order valence-corrected chi connectivity index (χ2v) is 6.02. The van der Waals surface area contributed by atoms with E-state index in [4.69, 9.17) is 0 Å². The lowest BCUT2D eigenvalue weighted by Crippen LogP contribution is -2.37. The van der Waals surface area contributed by atoms with Gasteiger partial charge in [-0.15, -0.1) is 24.0 Å². The van der Waals surface area contributed by atoms with Crippen LogP contribution in [-0.2, 0) is 13.1 Å². The average Bonchev–Trinajstić information content (AvgIpc) is 3.09. The smallest absolute Gasteiger partial charge is 0.387 e. The highest BCUT2D eigenvalue weighted by Crippen LogP contribution is 2.24. The number of rotatable bonds is 8. The summed E-state index contributed by atoms with van der Waals surface area (Å²) in [5.74, 6) is 0.725. The van der Waals surface area contributed by atoms with E-state index in [1.807, 2.05) is 16.9 Å². The van der Waals surface area contributed by atoms with E-state index in [9.17, 15) is 8.78 Å². The first kappa shape index (κ1) is 22.6. The molecule has 10 heteroatoms. The number of ether oxygens (including phenoxy) is 1. The van der Waals surface area contributed by atoms with Gasteiger partial charge >= 0.3 is 6.61 Å². The Morgan fingerprint density at radius 3 is 2.85 bits per heavy atom. The summed E-state index contributed by atoms with van der Waals surface area (Å²) in [7, 11) is 1.65. The monoisotopic (exact) mass is 543 g/mol. The molecule has 0 saturated carbocycles. The van der Waals surface area contributed by atoms with Crippen LogP contribution in [-0.4, -0.2) is 35.9 Å². The average molecular weight is 544 g/mol. The molecular weight excluding hydrogens is 523 g/mol. The number of nitrogens with zero attached hydrogens (tertiary/aromatic N) is 3. The maximum absolute atomic E-state index is 12.5. The van der Waals surface area contributed by atoms with Crippen molar-refractivity contribution < 1.29 is 13.5 Å². The first-order valence-electron chi connectivity index (χ1n) is 7.73. The predicted octanol–water partition coefficient (Wildman–Crippen LogP) is 3.62. The van der Waals surface area contributed by atoms with Crippen LogP contribution in [0.4, 0.5) is 8.78 Å². The van der Waals surface area contributed by atoms with Crippen molar-refractivity contribution in [3.8, 4) is 5.75 Å². The van der Waals surface area contributed by atoms with Gasteiger partial charge in [0.05, 0.1) is 0 Å². The van der Waals surface area contributed by atoms with Gasteiger partial charge in [-0.3, -0.25) is 9.67 Å². The van der Waals surface area contributed by atoms with Gasteiger partial charge in [-0.25, -0.2) is 0 Å². The Bertz CT molecular complexity index is 685. The number of guanidine groups is 1. The highest BCUT2D eigenvalue weighted by molar-refractivity contribution is 14.0. The van der Waals surface area contributed by atoms with Crippen LogP contribution in [0.2, 0.25) is 0 Å². The van der Waals surface area contributed by atoms with Crippen molar-refractivity contribution in [3.05, 3.63) is 46.7 Å². The zero-order chi connectivity index (χ0) is 18.1. The van der Waals surface area contributed by atoms with Crippen LogP contribution in [0.5, 0.6) is 5.75 Å². The molecule has 0 radical (unpaired) electrons. The molecule has 2 N–H and O–H groups in total. The summed E-state index contributed by atoms with van der Waals surface area (Å²) in [5.41, 5.74) is 0.606. The molecule has 2 aromatic rings. The quantitative estimate of drug-likeness (QED) is 0.231. The molecule has 0 bridgehead atoms. The lowest BCUT2D eigenvalue weighted by molar-refractivity contribution is -0.0504. The van der Waals surface area contributed by atoms with Gasteiger partial charge in [0.1, 0.15) is 5.75 Å². The van der Waals surface area contributed by atoms with E-state index in [1.165, 1.54) is 6.07 Å². The summed E-state index contributed by atoms with van der Waals surface area (Å²) in [6.45, 7) is -1.05. The minimum atomic E-state index is -2.86. The zero-order valence-electron chi connectivity index (χ0n) is 14.2. The Morgan fingerprint density at radius 1 is 1.38 bits per heavy atom. The molecule has 0 fully saturated rings. The maximum Gasteiger partial charge on any atom is 0.387 e. The van der Waals surface area contributed by atoms with Gasteiger partial charge < -0.3 is 15.4 Å². The molecule has 1 heterocycles. The normalized spacial score (nSPS) is 11.2. The van der Waals surface area contributed by atoms with Crippen LogP contribution in [0.1, 0.15) is 12.0 Å². The van der Waals surface area contributed by atoms with Crippen LogP contribution in [0.3, 0.4) is 0 Å². The number of benzene rings is 1. The van der Waals surface area contributed by atoms with Gasteiger partial charge in [0.25, 0.3) is 0 Å². The summed E-state index contributed by atoms with van der Waals surface area (Å²) in [5, 5.41) is 10.4. The molecule has 0 unspecified atom stereocenters. The van der Waals surface area contributed by atoms with Crippen molar-refractivity contribution in [2.45, 2.75) is 26.1 Å². The number of aliphatic imine (C=N–C) groups is 1. The van der Waals surface area contributed by atoms with Crippen molar-refractivity contribution >= 4 is 45.9 Å². The van der Waals surface area contributed by atoms with Gasteiger partial charge in [-0.2, -0.15) is 13.9 Å². The second-order valence-electron chi connectivity index (χ2n) is 5.11. The molecule has 0 saturated heterocycles. The SMILES string of the molecule is CN=C(NCCCn1cccn1)NCc1cc(Br)ccc1OC(F)F.I. The minimum absolute atomic E-state index is 0. The Labute approximate surface area is 176 Å². The van der Waals surface area contributed by atoms with Crippen LogP contribution in [0.15, 0.2) is 46.1 Å². The van der Waals surface area contributed by atoms with Gasteiger partial charge in [-0.1, -0.05) is 15.9 Å². The summed E-state index contributed by atoms with van der Waals surface area (Å²) in [4.78, 5) is 4.12. The van der Waals surface area contributed by atoms with E-state index in [1.54, 1.807) is 25.4 Å². The van der Waals surface area contributed by atoms with Crippen LogP contribution in [0.25, 0.3) is 0 Å². The summed E-state index contributed by atoms with van der Waals surface area (Å²) in [6, 6.07) is 6.78. The molecule has 0 aliphatic rings. The molecule has 0 aliphatic carbocycles. The number of nitrogens with one attached hydrogen (secondary N) is 2. The first-order chi connectivity index (χ1) is 12.1. The van der Waals surface area contributed by atoms with E-state index in [2.05, 4.69) is 41.4 Å². The molecule has 0 amide bonds. The standard InChI is InChI=1S/C16H20BrF2N5O.HI/c1-20-16(21-6-2-8-24-9-3-7-23-24)22-11-12-10-13(17)4-5-14(12)25-15(18)19;/h3-5,7,9-10,15H,2,6,8,11H2,1H3,(H2,20,21,22);1H. The van der Waals surface area contributed by atoms with E-state index in [0.29, 0.717) is 24.6 Å². The number of hydrogen-bond acceptors (Lipinski definition) is 3. The van der Waals surface area contributed by atoms with Crippen LogP contribution >= 0.6 is 39.9 Å². The second kappa shape index (κ2) is 12.0. The van der Waals surface area contributed by atoms with Crippen molar-refractivity contribution in [1.82, 2.24) is 20.4 Å². The molecule has 0 spiro atoms. The van der Waals surface area contributed by atoms with E-state index < -0.39 is 6.61 Å². The van der Waals surface area contributed by atoms with Crippen molar-refractivity contribution in [2.75, 3.05) is 13.6 Å². The predicted molar refractivity (Wildman–Crippen MR) is 111 cm³/mol. The molecule has 0 atom stereocenters. The third-order valence-electron chi connectivity index (χ3n) is 3.32. The molecule has 0 aliphatic heterocycles. The summed E-state index contributed by atoms with van der Waals surface area (Å²) >= 11 is 3.33. The molecule has 2 rings (SSSR count). The third-order valence-corrected chi connectivity index (χ3v) is 3.82. The number of hydrogen-bond donors (Lipinski definition) is 2. The molecule has 144 valence electrons. The highest BCUT2D eigenvalue weighted by atomic mass is 127. The van der Waals surface area contributed by atoms with Gasteiger partial charge in [-0.05, 0) is 30.7 Å². The fraction of sp³-hybridized carbons (Fsp3) is 0.375. The molecule has 1 aromatic carbocycles. The zero-order valence-corrected chi connectivity index (χ0v) is 18.1. The summed E-state index contributed by atoms with van der Waals surface area (Å²) < 4.78 is 32.2. The van der Waals surface area contributed by atoms with E-state index in [0.717, 1.165) is 17.4 Å². The maximum atomic E-state index is 12.5. The van der Waals surface area contributed by atoms with Gasteiger partial charge in [0.2, 0.25) is 0 Å². The topological polar surface area (TPSA) is 63.5 Å². The largest absolute Gasteiger partial charge is 0.434 e. The fourth-order valence-corrected chi connectivity index (χ4v) is 2.59. The number of halogens is 4. The van der Waals surface area contributed by atoms with Gasteiger partial charge in [0.15, 0.2) is 5.96 Å². The number of alkyl halides is 2. The Kier molecular flexibility index (Phi) is 10.5. The Balaban J connectivity index is 0.00000338. The lowest BCUT2D eigenvalue weighted by Gasteiger charge is -2.15. The molecule has 26 heavy (non-hydrogen) atoms. The molecule has 6 nitrogen and oxygen atoms in total. The third kappa shape index (κ3) is 7.85. The number of aromatic nitrogens is 2. The fourth-order valence-electron chi connectivity index (χ4n) is 2.18. The summed E-state index contributed by atoms with van der Waals surface area (Å²) in [6.07, 6.45) is 4.52. The highest BCUT2D eigenvalue weighted by Gasteiger charge is 2.10. The van der Waals surface area contributed by atoms with Crippen molar-refractivity contribution in [2.24, 2.45) is 4.99 Å². The number of aryl methyl sites for hydroxylation is 1.